The van der Waals surface area contributed by atoms with E-state index in [4.69, 9.17) is 0 Å². The summed E-state index contributed by atoms with van der Waals surface area (Å²) in [5.74, 6) is 0. The van der Waals surface area contributed by atoms with Gasteiger partial charge in [0, 0.05) is 24.8 Å². The third-order valence-corrected chi connectivity index (χ3v) is 2.49. The van der Waals surface area contributed by atoms with E-state index >= 15 is 0 Å². The molecule has 12 heavy (non-hydrogen) atoms. The molecule has 1 aliphatic rings. The number of hydrogen-bond donors (Lipinski definition) is 1. The van der Waals surface area contributed by atoms with Gasteiger partial charge in [-0.15, -0.1) is 0 Å². The number of nitrogens with zero attached hydrogens (tertiary/aromatic N) is 2. The second-order valence-corrected chi connectivity index (χ2v) is 3.49. The highest BCUT2D eigenvalue weighted by molar-refractivity contribution is 5.20. The Morgan fingerprint density at radius 2 is 2.50 bits per heavy atom. The van der Waals surface area contributed by atoms with Gasteiger partial charge in [-0.25, -0.2) is 0 Å². The Hall–Kier alpha value is -0.830. The molecule has 1 aromatic heterocycles. The minimum atomic E-state index is 0.554. The second-order valence-electron chi connectivity index (χ2n) is 3.49. The molecule has 0 aliphatic carbocycles. The summed E-state index contributed by atoms with van der Waals surface area (Å²) < 4.78 is 1.89. The quantitative estimate of drug-likeness (QED) is 0.676. The van der Waals surface area contributed by atoms with Crippen LogP contribution in [0, 0.1) is 6.92 Å². The number of nitrogens with one attached hydrogen (secondary N) is 1. The van der Waals surface area contributed by atoms with Gasteiger partial charge in [0.1, 0.15) is 0 Å². The molecule has 3 heteroatoms. The van der Waals surface area contributed by atoms with Crippen molar-refractivity contribution in [3.63, 3.8) is 0 Å². The summed E-state index contributed by atoms with van der Waals surface area (Å²) in [5.41, 5.74) is 2.53. The van der Waals surface area contributed by atoms with Crippen LogP contribution in [0.2, 0.25) is 0 Å². The van der Waals surface area contributed by atoms with E-state index in [-0.39, 0.29) is 0 Å². The van der Waals surface area contributed by atoms with E-state index in [9.17, 15) is 0 Å². The highest BCUT2D eigenvalue weighted by Gasteiger charge is 2.19. The fourth-order valence-electron chi connectivity index (χ4n) is 1.91. The maximum atomic E-state index is 4.33. The van der Waals surface area contributed by atoms with Gasteiger partial charge < -0.3 is 5.32 Å². The minimum Gasteiger partial charge on any atom is -0.310 e. The van der Waals surface area contributed by atoms with Gasteiger partial charge in [0.15, 0.2) is 0 Å². The van der Waals surface area contributed by atoms with Crippen LogP contribution in [0.15, 0.2) is 6.20 Å². The van der Waals surface area contributed by atoms with Crippen molar-refractivity contribution in [2.24, 2.45) is 7.05 Å². The topological polar surface area (TPSA) is 29.9 Å². The van der Waals surface area contributed by atoms with E-state index in [2.05, 4.69) is 23.5 Å². The number of aryl methyl sites for hydroxylation is 2. The Kier molecular flexibility index (Phi) is 1.89. The lowest BCUT2D eigenvalue weighted by atomic mass is 10.1. The number of aromatic nitrogens is 2. The van der Waals surface area contributed by atoms with Crippen molar-refractivity contribution in [3.05, 3.63) is 17.5 Å². The van der Waals surface area contributed by atoms with Crippen molar-refractivity contribution in [1.29, 1.82) is 0 Å². The normalized spacial score (nSPS) is 23.3. The largest absolute Gasteiger partial charge is 0.310 e. The monoisotopic (exact) mass is 165 g/mol. The van der Waals surface area contributed by atoms with Gasteiger partial charge in [0.05, 0.1) is 5.69 Å². The summed E-state index contributed by atoms with van der Waals surface area (Å²) in [4.78, 5) is 0. The van der Waals surface area contributed by atoms with Gasteiger partial charge in [-0.05, 0) is 26.3 Å². The minimum absolute atomic E-state index is 0.554. The molecule has 0 amide bonds. The fraction of sp³-hybridized carbons (Fsp3) is 0.667. The zero-order valence-electron chi connectivity index (χ0n) is 7.67. The van der Waals surface area contributed by atoms with Crippen molar-refractivity contribution >= 4 is 0 Å². The van der Waals surface area contributed by atoms with Crippen LogP contribution >= 0.6 is 0 Å². The second kappa shape index (κ2) is 2.90. The van der Waals surface area contributed by atoms with Crippen LogP contribution in [-0.2, 0) is 7.05 Å². The molecule has 2 heterocycles. The Balaban J connectivity index is 2.25. The molecule has 0 saturated carbocycles. The van der Waals surface area contributed by atoms with Crippen LogP contribution < -0.4 is 5.32 Å². The Morgan fingerprint density at radius 3 is 3.00 bits per heavy atom. The number of rotatable bonds is 1. The molecular weight excluding hydrogens is 150 g/mol. The van der Waals surface area contributed by atoms with E-state index in [0.29, 0.717) is 6.04 Å². The van der Waals surface area contributed by atoms with Gasteiger partial charge in [-0.2, -0.15) is 5.10 Å². The van der Waals surface area contributed by atoms with Crippen molar-refractivity contribution in [3.8, 4) is 0 Å². The summed E-state index contributed by atoms with van der Waals surface area (Å²) in [6.07, 6.45) is 4.67. The first-order chi connectivity index (χ1) is 5.77. The molecule has 3 nitrogen and oxygen atoms in total. The van der Waals surface area contributed by atoms with Crippen molar-refractivity contribution < 1.29 is 0 Å². The van der Waals surface area contributed by atoms with Crippen LogP contribution in [0.5, 0.6) is 0 Å². The maximum absolute atomic E-state index is 4.33. The van der Waals surface area contributed by atoms with Crippen LogP contribution in [0.3, 0.4) is 0 Å². The highest BCUT2D eigenvalue weighted by atomic mass is 15.3. The summed E-state index contributed by atoms with van der Waals surface area (Å²) in [6.45, 7) is 3.23. The van der Waals surface area contributed by atoms with Crippen LogP contribution in [-0.4, -0.2) is 16.3 Å². The van der Waals surface area contributed by atoms with Crippen molar-refractivity contribution in [2.45, 2.75) is 25.8 Å². The molecular formula is C9H15N3. The SMILES string of the molecule is Cc1nn(C)cc1C1CCCN1. The molecule has 1 aliphatic heterocycles. The zero-order chi connectivity index (χ0) is 8.55. The Bertz CT molecular complexity index is 271. The fourth-order valence-corrected chi connectivity index (χ4v) is 1.91. The molecule has 1 N–H and O–H groups in total. The van der Waals surface area contributed by atoms with Crippen molar-refractivity contribution in [1.82, 2.24) is 15.1 Å². The Morgan fingerprint density at radius 1 is 1.67 bits per heavy atom. The average molecular weight is 165 g/mol. The van der Waals surface area contributed by atoms with Crippen LogP contribution in [0.1, 0.15) is 30.1 Å². The molecule has 1 fully saturated rings. The van der Waals surface area contributed by atoms with E-state index < -0.39 is 0 Å². The van der Waals surface area contributed by atoms with E-state index in [1.165, 1.54) is 18.4 Å². The van der Waals surface area contributed by atoms with Gasteiger partial charge >= 0.3 is 0 Å². The third-order valence-electron chi connectivity index (χ3n) is 2.49. The van der Waals surface area contributed by atoms with Crippen LogP contribution in [0.25, 0.3) is 0 Å². The first kappa shape index (κ1) is 7.80. The lowest BCUT2D eigenvalue weighted by molar-refractivity contribution is 0.643. The van der Waals surface area contributed by atoms with Gasteiger partial charge in [-0.3, -0.25) is 4.68 Å². The first-order valence-corrected chi connectivity index (χ1v) is 4.51. The van der Waals surface area contributed by atoms with E-state index in [0.717, 1.165) is 12.2 Å². The third kappa shape index (κ3) is 1.25. The zero-order valence-corrected chi connectivity index (χ0v) is 7.67. The highest BCUT2D eigenvalue weighted by Crippen LogP contribution is 2.24. The molecule has 1 atom stereocenters. The van der Waals surface area contributed by atoms with Gasteiger partial charge in [-0.1, -0.05) is 0 Å². The molecule has 66 valence electrons. The first-order valence-electron chi connectivity index (χ1n) is 4.51. The molecule has 0 bridgehead atoms. The smallest absolute Gasteiger partial charge is 0.0641 e. The number of hydrogen-bond acceptors (Lipinski definition) is 2. The lowest BCUT2D eigenvalue weighted by Crippen LogP contribution is -2.12. The van der Waals surface area contributed by atoms with Crippen molar-refractivity contribution in [2.75, 3.05) is 6.54 Å². The van der Waals surface area contributed by atoms with Gasteiger partial charge in [0.25, 0.3) is 0 Å². The molecule has 0 spiro atoms. The summed E-state index contributed by atoms with van der Waals surface area (Å²) >= 11 is 0. The van der Waals surface area contributed by atoms with E-state index in [1.54, 1.807) is 0 Å². The summed E-state index contributed by atoms with van der Waals surface area (Å²) in [7, 11) is 1.98. The maximum Gasteiger partial charge on any atom is 0.0641 e. The summed E-state index contributed by atoms with van der Waals surface area (Å²) in [5, 5.41) is 7.81. The molecule has 1 aromatic rings. The molecule has 1 saturated heterocycles. The van der Waals surface area contributed by atoms with Crippen LogP contribution in [0.4, 0.5) is 0 Å². The lowest BCUT2D eigenvalue weighted by Gasteiger charge is -2.07. The average Bonchev–Trinajstić information content (AvgIpc) is 2.58. The molecule has 0 aromatic carbocycles. The molecule has 0 radical (unpaired) electrons. The van der Waals surface area contributed by atoms with E-state index in [1.807, 2.05) is 11.7 Å². The standard InChI is InChI=1S/C9H15N3/c1-7-8(6-12(2)11-7)9-4-3-5-10-9/h6,9-10H,3-5H2,1-2H3. The van der Waals surface area contributed by atoms with Gasteiger partial charge in [0.2, 0.25) is 0 Å². The molecule has 2 rings (SSSR count). The predicted molar refractivity (Wildman–Crippen MR) is 47.9 cm³/mol. The Labute approximate surface area is 72.8 Å². The predicted octanol–water partition coefficient (Wildman–Crippen LogP) is 1.15. The molecule has 1 unspecified atom stereocenters. The summed E-state index contributed by atoms with van der Waals surface area (Å²) in [6, 6.07) is 0.554.